The maximum Gasteiger partial charge on any atom is 0.289 e. The second kappa shape index (κ2) is 8.55. The van der Waals surface area contributed by atoms with Crippen LogP contribution in [0, 0.1) is 0 Å². The van der Waals surface area contributed by atoms with Gasteiger partial charge in [-0.3, -0.25) is 9.48 Å². The normalized spacial score (nSPS) is 18.3. The molecule has 0 N–H and O–H groups in total. The summed E-state index contributed by atoms with van der Waals surface area (Å²) in [4.78, 5) is 14.4. The number of carbonyl (C=O) groups is 1. The molecule has 32 heavy (non-hydrogen) atoms. The highest BCUT2D eigenvalue weighted by Gasteiger charge is 2.35. The van der Waals surface area contributed by atoms with E-state index in [0.29, 0.717) is 18.8 Å². The number of benzene rings is 1. The molecule has 2 aromatic heterocycles. The number of piperazine rings is 1. The molecular formula is C23H26N4O4S. The minimum absolute atomic E-state index is 0.217. The van der Waals surface area contributed by atoms with E-state index in [1.54, 1.807) is 23.2 Å². The molecule has 8 nitrogen and oxygen atoms in total. The van der Waals surface area contributed by atoms with E-state index in [4.69, 9.17) is 9.52 Å². The van der Waals surface area contributed by atoms with Crippen molar-refractivity contribution in [2.24, 2.45) is 0 Å². The van der Waals surface area contributed by atoms with E-state index in [1.807, 2.05) is 35.0 Å². The van der Waals surface area contributed by atoms with Gasteiger partial charge >= 0.3 is 0 Å². The van der Waals surface area contributed by atoms with Crippen LogP contribution in [0.3, 0.4) is 0 Å². The molecule has 0 unspecified atom stereocenters. The number of aromatic nitrogens is 2. The zero-order valence-electron chi connectivity index (χ0n) is 17.8. The minimum atomic E-state index is -3.76. The van der Waals surface area contributed by atoms with Gasteiger partial charge < -0.3 is 9.32 Å². The van der Waals surface area contributed by atoms with Crippen molar-refractivity contribution in [1.29, 1.82) is 0 Å². The van der Waals surface area contributed by atoms with Crippen LogP contribution in [0.15, 0.2) is 64.2 Å². The summed E-state index contributed by atoms with van der Waals surface area (Å²) in [5, 5.41) is 4.73. The third-order valence-electron chi connectivity index (χ3n) is 6.32. The van der Waals surface area contributed by atoms with Crippen molar-refractivity contribution in [3.05, 3.63) is 60.7 Å². The molecule has 1 aliphatic carbocycles. The molecule has 0 spiro atoms. The summed E-state index contributed by atoms with van der Waals surface area (Å²) in [6.07, 6.45) is 7.47. The molecule has 0 radical (unpaired) electrons. The van der Waals surface area contributed by atoms with Crippen LogP contribution in [0.5, 0.6) is 0 Å². The average Bonchev–Trinajstić information content (AvgIpc) is 3.60. The van der Waals surface area contributed by atoms with Crippen molar-refractivity contribution in [1.82, 2.24) is 19.0 Å². The number of amides is 1. The van der Waals surface area contributed by atoms with Gasteiger partial charge in [-0.2, -0.15) is 9.40 Å². The Morgan fingerprint density at radius 2 is 1.69 bits per heavy atom. The summed E-state index contributed by atoms with van der Waals surface area (Å²) in [6, 6.07) is 13.0. The highest BCUT2D eigenvalue weighted by molar-refractivity contribution is 7.89. The zero-order valence-corrected chi connectivity index (χ0v) is 18.6. The zero-order chi connectivity index (χ0) is 22.1. The van der Waals surface area contributed by atoms with Crippen molar-refractivity contribution in [3.63, 3.8) is 0 Å². The molecule has 2 aliphatic rings. The third kappa shape index (κ3) is 3.86. The lowest BCUT2D eigenvalue weighted by molar-refractivity contribution is 0.0666. The first kappa shape index (κ1) is 21.0. The van der Waals surface area contributed by atoms with Crippen LogP contribution in [-0.4, -0.2) is 59.5 Å². The largest absolute Gasteiger partial charge is 0.459 e. The fourth-order valence-electron chi connectivity index (χ4n) is 4.54. The van der Waals surface area contributed by atoms with Crippen LogP contribution in [0.4, 0.5) is 0 Å². The monoisotopic (exact) mass is 454 g/mol. The maximum absolute atomic E-state index is 13.7. The van der Waals surface area contributed by atoms with E-state index in [9.17, 15) is 13.2 Å². The molecular weight excluding hydrogens is 428 g/mol. The Balaban J connectivity index is 1.41. The molecule has 5 rings (SSSR count). The first-order valence-corrected chi connectivity index (χ1v) is 12.5. The number of nitrogens with zero attached hydrogens (tertiary/aromatic N) is 4. The topological polar surface area (TPSA) is 88.7 Å². The Morgan fingerprint density at radius 1 is 0.969 bits per heavy atom. The van der Waals surface area contributed by atoms with Crippen molar-refractivity contribution >= 4 is 15.9 Å². The van der Waals surface area contributed by atoms with Gasteiger partial charge in [0.2, 0.25) is 10.0 Å². The minimum Gasteiger partial charge on any atom is -0.459 e. The van der Waals surface area contributed by atoms with Crippen molar-refractivity contribution < 1.29 is 17.6 Å². The molecule has 1 aromatic carbocycles. The highest BCUT2D eigenvalue weighted by atomic mass is 32.2. The molecule has 9 heteroatoms. The molecule has 1 amide bonds. The standard InChI is InChI=1S/C23H26N4O4S/c28-23(20-11-6-16-31-20)25-12-14-26(15-13-25)32(29,30)21-17-27(19-9-4-5-10-19)24-22(21)18-7-2-1-3-8-18/h1-3,6-8,11,16-17,19H,4-5,9-10,12-15H2. The highest BCUT2D eigenvalue weighted by Crippen LogP contribution is 2.34. The molecule has 3 heterocycles. The fraction of sp³-hybridized carbons (Fsp3) is 0.391. The van der Waals surface area contributed by atoms with Crippen molar-refractivity contribution in [3.8, 4) is 11.3 Å². The van der Waals surface area contributed by atoms with Gasteiger partial charge in [0, 0.05) is 37.9 Å². The van der Waals surface area contributed by atoms with Gasteiger partial charge in [-0.05, 0) is 25.0 Å². The first-order valence-electron chi connectivity index (χ1n) is 11.0. The van der Waals surface area contributed by atoms with Gasteiger partial charge in [0.05, 0.1) is 12.3 Å². The third-order valence-corrected chi connectivity index (χ3v) is 8.22. The smallest absolute Gasteiger partial charge is 0.289 e. The molecule has 168 valence electrons. The lowest BCUT2D eigenvalue weighted by atomic mass is 10.2. The molecule has 1 saturated carbocycles. The molecule has 0 bridgehead atoms. The summed E-state index contributed by atoms with van der Waals surface area (Å²) in [7, 11) is -3.76. The first-order chi connectivity index (χ1) is 15.5. The quantitative estimate of drug-likeness (QED) is 0.590. The summed E-state index contributed by atoms with van der Waals surface area (Å²) in [5.41, 5.74) is 1.28. The average molecular weight is 455 g/mol. The van der Waals surface area contributed by atoms with Gasteiger partial charge in [0.1, 0.15) is 10.6 Å². The Morgan fingerprint density at radius 3 is 2.34 bits per heavy atom. The van der Waals surface area contributed by atoms with E-state index in [0.717, 1.165) is 31.2 Å². The Labute approximate surface area is 187 Å². The summed E-state index contributed by atoms with van der Waals surface area (Å²) >= 11 is 0. The number of carbonyl (C=O) groups excluding carboxylic acids is 1. The van der Waals surface area contributed by atoms with E-state index in [1.165, 1.54) is 10.6 Å². The summed E-state index contributed by atoms with van der Waals surface area (Å²) < 4.78 is 35.8. The molecule has 1 saturated heterocycles. The van der Waals surface area contributed by atoms with Gasteiger partial charge in [-0.25, -0.2) is 8.42 Å². The molecule has 1 aliphatic heterocycles. The number of sulfonamides is 1. The van der Waals surface area contributed by atoms with E-state index in [-0.39, 0.29) is 35.7 Å². The summed E-state index contributed by atoms with van der Waals surface area (Å²) in [5.74, 6) is 0.0524. The Hall–Kier alpha value is -2.91. The van der Waals surface area contributed by atoms with Crippen LogP contribution in [-0.2, 0) is 10.0 Å². The molecule has 3 aromatic rings. The van der Waals surface area contributed by atoms with Crippen molar-refractivity contribution in [2.45, 2.75) is 36.6 Å². The van der Waals surface area contributed by atoms with Gasteiger partial charge in [-0.15, -0.1) is 0 Å². The van der Waals surface area contributed by atoms with Gasteiger partial charge in [-0.1, -0.05) is 43.2 Å². The van der Waals surface area contributed by atoms with Crippen LogP contribution >= 0.6 is 0 Å². The van der Waals surface area contributed by atoms with Crippen LogP contribution in [0.1, 0.15) is 42.3 Å². The number of hydrogen-bond donors (Lipinski definition) is 0. The second-order valence-electron chi connectivity index (χ2n) is 8.30. The Kier molecular flexibility index (Phi) is 5.60. The van der Waals surface area contributed by atoms with Crippen LogP contribution in [0.25, 0.3) is 11.3 Å². The second-order valence-corrected chi connectivity index (χ2v) is 10.2. The van der Waals surface area contributed by atoms with Gasteiger partial charge in [0.15, 0.2) is 5.76 Å². The number of furan rings is 1. The maximum atomic E-state index is 13.7. The van der Waals surface area contributed by atoms with Crippen LogP contribution in [0.2, 0.25) is 0 Å². The molecule has 2 fully saturated rings. The van der Waals surface area contributed by atoms with E-state index in [2.05, 4.69) is 0 Å². The predicted octanol–water partition coefficient (Wildman–Crippen LogP) is 3.40. The molecule has 0 atom stereocenters. The number of rotatable bonds is 5. The fourth-order valence-corrected chi connectivity index (χ4v) is 6.11. The van der Waals surface area contributed by atoms with Crippen LogP contribution < -0.4 is 0 Å². The summed E-state index contributed by atoms with van der Waals surface area (Å²) in [6.45, 7) is 1.10. The van der Waals surface area contributed by atoms with Gasteiger partial charge in [0.25, 0.3) is 5.91 Å². The SMILES string of the molecule is O=C(c1ccco1)N1CCN(S(=O)(=O)c2cn(C3CCCC3)nc2-c2ccccc2)CC1. The predicted molar refractivity (Wildman–Crippen MR) is 119 cm³/mol. The van der Waals surface area contributed by atoms with Crippen molar-refractivity contribution in [2.75, 3.05) is 26.2 Å². The Bertz CT molecular complexity index is 1170. The van der Waals surface area contributed by atoms with E-state index >= 15 is 0 Å². The number of hydrogen-bond acceptors (Lipinski definition) is 5. The van der Waals surface area contributed by atoms with E-state index < -0.39 is 10.0 Å². The lowest BCUT2D eigenvalue weighted by Crippen LogP contribution is -2.50. The lowest BCUT2D eigenvalue weighted by Gasteiger charge is -2.33.